The molecule has 3 nitrogen and oxygen atoms in total. The molecule has 1 aromatic carbocycles. The van der Waals surface area contributed by atoms with E-state index in [4.69, 9.17) is 10.4 Å². The SMILES string of the molecule is Cc1cccc(N(O)O)c1C. The molecule has 11 heavy (non-hydrogen) atoms. The van der Waals surface area contributed by atoms with Crippen molar-refractivity contribution in [2.75, 3.05) is 5.23 Å². The Morgan fingerprint density at radius 2 is 1.82 bits per heavy atom. The summed E-state index contributed by atoms with van der Waals surface area (Å²) in [6.45, 7) is 3.76. The smallest absolute Gasteiger partial charge is 0.0974 e. The van der Waals surface area contributed by atoms with Gasteiger partial charge in [0.15, 0.2) is 0 Å². The van der Waals surface area contributed by atoms with Crippen molar-refractivity contribution in [1.82, 2.24) is 0 Å². The standard InChI is InChI=1S/C8H11NO2/c1-6-4-3-5-8(7(6)2)9(10)11/h3-5,10-11H,1-2H3. The summed E-state index contributed by atoms with van der Waals surface area (Å²) in [4.78, 5) is 0. The largest absolute Gasteiger partial charge is 0.264 e. The Morgan fingerprint density at radius 3 is 2.27 bits per heavy atom. The third-order valence-corrected chi connectivity index (χ3v) is 1.79. The summed E-state index contributed by atoms with van der Waals surface area (Å²) < 4.78 is 0. The Kier molecular flexibility index (Phi) is 2.12. The van der Waals surface area contributed by atoms with Crippen LogP contribution in [0.3, 0.4) is 0 Å². The maximum atomic E-state index is 8.72. The summed E-state index contributed by atoms with van der Waals surface area (Å²) in [6, 6.07) is 5.34. The van der Waals surface area contributed by atoms with Crippen LogP contribution in [0.1, 0.15) is 11.1 Å². The van der Waals surface area contributed by atoms with E-state index in [1.807, 2.05) is 19.9 Å². The lowest BCUT2D eigenvalue weighted by Gasteiger charge is -2.11. The number of nitrogens with zero attached hydrogens (tertiary/aromatic N) is 1. The molecule has 0 aliphatic carbocycles. The van der Waals surface area contributed by atoms with Crippen molar-refractivity contribution in [3.05, 3.63) is 29.3 Å². The van der Waals surface area contributed by atoms with Gasteiger partial charge in [-0.1, -0.05) is 12.1 Å². The monoisotopic (exact) mass is 153 g/mol. The van der Waals surface area contributed by atoms with Gasteiger partial charge in [0.05, 0.1) is 5.69 Å². The topological polar surface area (TPSA) is 43.7 Å². The molecule has 2 N–H and O–H groups in total. The lowest BCUT2D eigenvalue weighted by atomic mass is 10.1. The highest BCUT2D eigenvalue weighted by Crippen LogP contribution is 2.19. The molecule has 0 unspecified atom stereocenters. The minimum Gasteiger partial charge on any atom is -0.264 e. The quantitative estimate of drug-likeness (QED) is 0.605. The van der Waals surface area contributed by atoms with Crippen LogP contribution in [0.5, 0.6) is 0 Å². The minimum absolute atomic E-state index is 0.141. The van der Waals surface area contributed by atoms with E-state index in [1.54, 1.807) is 12.1 Å². The molecule has 0 amide bonds. The number of benzene rings is 1. The predicted octanol–water partition coefficient (Wildman–Crippen LogP) is 1.89. The molecular formula is C8H11NO2. The van der Waals surface area contributed by atoms with Crippen molar-refractivity contribution in [2.45, 2.75) is 13.8 Å². The first-order valence-corrected chi connectivity index (χ1v) is 3.37. The fourth-order valence-corrected chi connectivity index (χ4v) is 0.952. The van der Waals surface area contributed by atoms with E-state index in [9.17, 15) is 0 Å². The molecule has 0 saturated heterocycles. The summed E-state index contributed by atoms with van der Waals surface area (Å²) >= 11 is 0. The van der Waals surface area contributed by atoms with Gasteiger partial charge in [0.2, 0.25) is 0 Å². The summed E-state index contributed by atoms with van der Waals surface area (Å²) in [6.07, 6.45) is 0. The molecule has 3 heteroatoms. The summed E-state index contributed by atoms with van der Waals surface area (Å²) in [5.74, 6) is 0. The van der Waals surface area contributed by atoms with Crippen LogP contribution in [-0.4, -0.2) is 10.4 Å². The summed E-state index contributed by atoms with van der Waals surface area (Å²) in [5, 5.41) is 17.6. The van der Waals surface area contributed by atoms with Gasteiger partial charge in [-0.3, -0.25) is 10.4 Å². The lowest BCUT2D eigenvalue weighted by molar-refractivity contribution is 0.0288. The second-order valence-corrected chi connectivity index (χ2v) is 2.51. The summed E-state index contributed by atoms with van der Waals surface area (Å²) in [5.41, 5.74) is 2.33. The normalized spacial score (nSPS) is 9.82. The van der Waals surface area contributed by atoms with Crippen LogP contribution in [0.15, 0.2) is 18.2 Å². The average Bonchev–Trinajstić information content (AvgIpc) is 1.94. The number of hydrogen-bond acceptors (Lipinski definition) is 3. The second-order valence-electron chi connectivity index (χ2n) is 2.51. The van der Waals surface area contributed by atoms with Crippen LogP contribution in [0, 0.1) is 13.8 Å². The van der Waals surface area contributed by atoms with Gasteiger partial charge in [0, 0.05) is 0 Å². The molecule has 0 heterocycles. The number of anilines is 1. The Bertz CT molecular complexity index is 258. The van der Waals surface area contributed by atoms with Crippen LogP contribution in [0.4, 0.5) is 5.69 Å². The van der Waals surface area contributed by atoms with Crippen molar-refractivity contribution in [1.29, 1.82) is 0 Å². The Hall–Kier alpha value is -1.06. The third kappa shape index (κ3) is 1.50. The maximum Gasteiger partial charge on any atom is 0.0974 e. The van der Waals surface area contributed by atoms with Gasteiger partial charge >= 0.3 is 0 Å². The van der Waals surface area contributed by atoms with Gasteiger partial charge in [-0.05, 0) is 31.0 Å². The lowest BCUT2D eigenvalue weighted by Crippen LogP contribution is -2.12. The van der Waals surface area contributed by atoms with Crippen molar-refractivity contribution >= 4 is 5.69 Å². The van der Waals surface area contributed by atoms with Gasteiger partial charge in [0.1, 0.15) is 0 Å². The van der Waals surface area contributed by atoms with Gasteiger partial charge < -0.3 is 0 Å². The first-order valence-electron chi connectivity index (χ1n) is 3.37. The van der Waals surface area contributed by atoms with Crippen LogP contribution in [-0.2, 0) is 0 Å². The highest BCUT2D eigenvalue weighted by molar-refractivity contribution is 5.52. The first kappa shape index (κ1) is 8.04. The van der Waals surface area contributed by atoms with Crippen LogP contribution in [0.25, 0.3) is 0 Å². The highest BCUT2D eigenvalue weighted by atomic mass is 16.8. The van der Waals surface area contributed by atoms with Gasteiger partial charge in [0.25, 0.3) is 0 Å². The molecule has 0 radical (unpaired) electrons. The molecular weight excluding hydrogens is 142 g/mol. The predicted molar refractivity (Wildman–Crippen MR) is 42.0 cm³/mol. The van der Waals surface area contributed by atoms with E-state index in [0.717, 1.165) is 11.1 Å². The van der Waals surface area contributed by atoms with Gasteiger partial charge in [-0.25, -0.2) is 0 Å². The van der Waals surface area contributed by atoms with E-state index in [2.05, 4.69) is 0 Å². The van der Waals surface area contributed by atoms with E-state index in [0.29, 0.717) is 5.69 Å². The highest BCUT2D eigenvalue weighted by Gasteiger charge is 2.03. The molecule has 0 saturated carbocycles. The number of hydrogen-bond donors (Lipinski definition) is 2. The fraction of sp³-hybridized carbons (Fsp3) is 0.250. The van der Waals surface area contributed by atoms with E-state index in [-0.39, 0.29) is 5.23 Å². The Morgan fingerprint density at radius 1 is 1.18 bits per heavy atom. The molecule has 0 aliphatic rings. The van der Waals surface area contributed by atoms with Crippen molar-refractivity contribution in [2.24, 2.45) is 0 Å². The zero-order valence-corrected chi connectivity index (χ0v) is 6.57. The van der Waals surface area contributed by atoms with Crippen molar-refractivity contribution in [3.8, 4) is 0 Å². The zero-order chi connectivity index (χ0) is 8.43. The van der Waals surface area contributed by atoms with Crippen LogP contribution < -0.4 is 5.23 Å². The second kappa shape index (κ2) is 2.90. The third-order valence-electron chi connectivity index (χ3n) is 1.79. The van der Waals surface area contributed by atoms with Gasteiger partial charge in [-0.15, -0.1) is 5.23 Å². The molecule has 0 aromatic heterocycles. The van der Waals surface area contributed by atoms with Crippen molar-refractivity contribution < 1.29 is 10.4 Å². The molecule has 1 rings (SSSR count). The van der Waals surface area contributed by atoms with Crippen LogP contribution >= 0.6 is 0 Å². The number of aryl methyl sites for hydroxylation is 1. The molecule has 0 aliphatic heterocycles. The fourth-order valence-electron chi connectivity index (χ4n) is 0.952. The molecule has 1 aromatic rings. The first-order chi connectivity index (χ1) is 5.13. The Balaban J connectivity index is 3.17. The Labute approximate surface area is 65.4 Å². The summed E-state index contributed by atoms with van der Waals surface area (Å²) in [7, 11) is 0. The van der Waals surface area contributed by atoms with E-state index < -0.39 is 0 Å². The molecule has 0 fully saturated rings. The average molecular weight is 153 g/mol. The molecule has 0 atom stereocenters. The van der Waals surface area contributed by atoms with E-state index >= 15 is 0 Å². The number of rotatable bonds is 1. The van der Waals surface area contributed by atoms with E-state index in [1.165, 1.54) is 0 Å². The zero-order valence-electron chi connectivity index (χ0n) is 6.57. The molecule has 60 valence electrons. The maximum absolute atomic E-state index is 8.72. The van der Waals surface area contributed by atoms with Crippen molar-refractivity contribution in [3.63, 3.8) is 0 Å². The minimum atomic E-state index is 0.141. The molecule has 0 bridgehead atoms. The van der Waals surface area contributed by atoms with Gasteiger partial charge in [-0.2, -0.15) is 0 Å². The molecule has 0 spiro atoms. The van der Waals surface area contributed by atoms with Crippen LogP contribution in [0.2, 0.25) is 0 Å².